The maximum atomic E-state index is 13.4. The third-order valence-electron chi connectivity index (χ3n) is 5.61. The molecule has 0 saturated heterocycles. The molecule has 0 bridgehead atoms. The average Bonchev–Trinajstić information content (AvgIpc) is 2.79. The summed E-state index contributed by atoms with van der Waals surface area (Å²) in [6.45, 7) is 4.53. The third kappa shape index (κ3) is 4.71. The quantitative estimate of drug-likeness (QED) is 0.380. The van der Waals surface area contributed by atoms with E-state index in [2.05, 4.69) is 0 Å². The molecule has 8 heteroatoms. The van der Waals surface area contributed by atoms with Crippen molar-refractivity contribution in [1.29, 1.82) is 0 Å². The molecule has 0 unspecified atom stereocenters. The molecule has 0 N–H and O–H groups in total. The van der Waals surface area contributed by atoms with Gasteiger partial charge in [-0.25, -0.2) is 0 Å². The summed E-state index contributed by atoms with van der Waals surface area (Å²) in [7, 11) is 0. The van der Waals surface area contributed by atoms with Crippen LogP contribution in [-0.4, -0.2) is 19.1 Å². The number of carbonyl (C=O) groups is 1. The molecule has 0 aliphatic carbocycles. The maximum absolute atomic E-state index is 13.4. The van der Waals surface area contributed by atoms with Crippen LogP contribution in [0.4, 0.5) is 18.9 Å². The van der Waals surface area contributed by atoms with E-state index in [9.17, 15) is 18.0 Å². The first-order chi connectivity index (χ1) is 16.2. The lowest BCUT2D eigenvalue weighted by molar-refractivity contribution is -0.137. The van der Waals surface area contributed by atoms with Crippen molar-refractivity contribution in [3.05, 3.63) is 87.9 Å². The van der Waals surface area contributed by atoms with Crippen LogP contribution in [-0.2, 0) is 17.4 Å². The standard InChI is InChI=1S/C26H23ClF3NO3/c1-3-33-22-12-17-13-24(32)31(20-7-5-6-18(14-20)26(28,29)30)25(16-8-10-19(27)11-9-16)21(17)15-23(22)34-4-2/h5-12,14-15,25H,3-4,13H2,1-2H3/t25-/m1/s1. The van der Waals surface area contributed by atoms with Gasteiger partial charge in [0.25, 0.3) is 0 Å². The number of nitrogens with zero attached hydrogens (tertiary/aromatic N) is 1. The van der Waals surface area contributed by atoms with Gasteiger partial charge in [-0.15, -0.1) is 0 Å². The Kier molecular flexibility index (Phi) is 6.75. The van der Waals surface area contributed by atoms with Gasteiger partial charge in [0.15, 0.2) is 11.5 Å². The molecule has 0 spiro atoms. The summed E-state index contributed by atoms with van der Waals surface area (Å²) in [5, 5.41) is 0.512. The molecular formula is C26H23ClF3NO3. The number of hydrogen-bond donors (Lipinski definition) is 0. The average molecular weight is 490 g/mol. The Balaban J connectivity index is 1.92. The summed E-state index contributed by atoms with van der Waals surface area (Å²) in [6, 6.07) is 14.7. The predicted molar refractivity (Wildman–Crippen MR) is 125 cm³/mol. The molecule has 0 radical (unpaired) electrons. The summed E-state index contributed by atoms with van der Waals surface area (Å²) in [5.74, 6) is 0.720. The molecule has 4 nitrogen and oxygen atoms in total. The van der Waals surface area contributed by atoms with E-state index in [-0.39, 0.29) is 18.0 Å². The zero-order valence-corrected chi connectivity index (χ0v) is 19.4. The van der Waals surface area contributed by atoms with Crippen molar-refractivity contribution in [1.82, 2.24) is 0 Å². The number of alkyl halides is 3. The zero-order chi connectivity index (χ0) is 24.5. The highest BCUT2D eigenvalue weighted by molar-refractivity contribution is 6.30. The highest BCUT2D eigenvalue weighted by Gasteiger charge is 2.37. The van der Waals surface area contributed by atoms with E-state index in [1.54, 1.807) is 30.3 Å². The third-order valence-corrected chi connectivity index (χ3v) is 5.86. The largest absolute Gasteiger partial charge is 0.490 e. The van der Waals surface area contributed by atoms with Crippen LogP contribution in [0.3, 0.4) is 0 Å². The first-order valence-electron chi connectivity index (χ1n) is 10.9. The van der Waals surface area contributed by atoms with Gasteiger partial charge in [0, 0.05) is 10.7 Å². The summed E-state index contributed by atoms with van der Waals surface area (Å²) < 4.78 is 51.8. The van der Waals surface area contributed by atoms with Crippen molar-refractivity contribution in [2.75, 3.05) is 18.1 Å². The minimum absolute atomic E-state index is 0.0160. The number of fused-ring (bicyclic) bond motifs is 1. The van der Waals surface area contributed by atoms with Crippen molar-refractivity contribution in [2.45, 2.75) is 32.5 Å². The first kappa shape index (κ1) is 24.0. The molecule has 1 aliphatic rings. The van der Waals surface area contributed by atoms with E-state index < -0.39 is 17.8 Å². The van der Waals surface area contributed by atoms with E-state index in [1.165, 1.54) is 17.0 Å². The Morgan fingerprint density at radius 2 is 1.62 bits per heavy atom. The number of benzene rings is 3. The highest BCUT2D eigenvalue weighted by atomic mass is 35.5. The molecule has 0 saturated carbocycles. The van der Waals surface area contributed by atoms with E-state index in [1.807, 2.05) is 19.9 Å². The lowest BCUT2D eigenvalue weighted by Crippen LogP contribution is -2.41. The van der Waals surface area contributed by atoms with Gasteiger partial charge in [-0.3, -0.25) is 4.79 Å². The lowest BCUT2D eigenvalue weighted by Gasteiger charge is -2.38. The molecule has 4 rings (SSSR count). The monoisotopic (exact) mass is 489 g/mol. The Morgan fingerprint density at radius 1 is 0.971 bits per heavy atom. The molecule has 1 atom stereocenters. The van der Waals surface area contributed by atoms with E-state index in [0.717, 1.165) is 23.3 Å². The second kappa shape index (κ2) is 9.58. The van der Waals surface area contributed by atoms with Crippen LogP contribution in [0, 0.1) is 0 Å². The summed E-state index contributed by atoms with van der Waals surface area (Å²) in [5.41, 5.74) is 1.55. The summed E-state index contributed by atoms with van der Waals surface area (Å²) in [4.78, 5) is 14.8. The number of anilines is 1. The molecule has 3 aromatic carbocycles. The van der Waals surface area contributed by atoms with Crippen molar-refractivity contribution < 1.29 is 27.4 Å². The van der Waals surface area contributed by atoms with Crippen LogP contribution in [0.2, 0.25) is 5.02 Å². The molecule has 34 heavy (non-hydrogen) atoms. The van der Waals surface area contributed by atoms with Crippen molar-refractivity contribution in [3.63, 3.8) is 0 Å². The fraction of sp³-hybridized carbons (Fsp3) is 0.269. The number of ether oxygens (including phenoxy) is 2. The summed E-state index contributed by atoms with van der Waals surface area (Å²) >= 11 is 6.08. The minimum atomic E-state index is -4.53. The first-order valence-corrected chi connectivity index (χ1v) is 11.3. The van der Waals surface area contributed by atoms with Gasteiger partial charge in [0.2, 0.25) is 5.91 Å². The Morgan fingerprint density at radius 3 is 2.24 bits per heavy atom. The van der Waals surface area contributed by atoms with Crippen LogP contribution in [0.5, 0.6) is 11.5 Å². The SMILES string of the molecule is CCOc1cc2c(cc1OCC)[C@@H](c1ccc(Cl)cc1)N(c1cccc(C(F)(F)F)c1)C(=O)C2. The lowest BCUT2D eigenvalue weighted by atomic mass is 9.86. The van der Waals surface area contributed by atoms with Crippen molar-refractivity contribution in [2.24, 2.45) is 0 Å². The zero-order valence-electron chi connectivity index (χ0n) is 18.7. The van der Waals surface area contributed by atoms with Gasteiger partial charge in [-0.2, -0.15) is 13.2 Å². The van der Waals surface area contributed by atoms with Gasteiger partial charge >= 0.3 is 6.18 Å². The van der Waals surface area contributed by atoms with Crippen LogP contribution in [0.25, 0.3) is 0 Å². The fourth-order valence-corrected chi connectivity index (χ4v) is 4.32. The number of halogens is 4. The van der Waals surface area contributed by atoms with Crippen LogP contribution >= 0.6 is 11.6 Å². The molecule has 1 heterocycles. The minimum Gasteiger partial charge on any atom is -0.490 e. The van der Waals surface area contributed by atoms with Gasteiger partial charge in [0.1, 0.15) is 0 Å². The second-order valence-corrected chi connectivity index (χ2v) is 8.24. The van der Waals surface area contributed by atoms with Gasteiger partial charge in [0.05, 0.1) is 31.2 Å². The Hall–Kier alpha value is -3.19. The highest BCUT2D eigenvalue weighted by Crippen LogP contribution is 2.44. The van der Waals surface area contributed by atoms with Gasteiger partial charge in [-0.05, 0) is 73.0 Å². The maximum Gasteiger partial charge on any atom is 0.416 e. The van der Waals surface area contributed by atoms with Gasteiger partial charge < -0.3 is 14.4 Å². The Bertz CT molecular complexity index is 1190. The number of amides is 1. The van der Waals surface area contributed by atoms with Crippen LogP contribution in [0.15, 0.2) is 60.7 Å². The van der Waals surface area contributed by atoms with E-state index in [4.69, 9.17) is 21.1 Å². The molecular weight excluding hydrogens is 467 g/mol. The molecule has 1 amide bonds. The normalized spacial score (nSPS) is 15.8. The molecule has 0 fully saturated rings. The second-order valence-electron chi connectivity index (χ2n) is 7.81. The molecule has 3 aromatic rings. The molecule has 0 aromatic heterocycles. The Labute approximate surface area is 200 Å². The van der Waals surface area contributed by atoms with Crippen LogP contribution in [0.1, 0.15) is 42.1 Å². The number of carbonyl (C=O) groups excluding carboxylic acids is 1. The smallest absolute Gasteiger partial charge is 0.416 e. The number of rotatable bonds is 6. The van der Waals surface area contributed by atoms with E-state index in [0.29, 0.717) is 35.3 Å². The van der Waals surface area contributed by atoms with Crippen LogP contribution < -0.4 is 14.4 Å². The fourth-order valence-electron chi connectivity index (χ4n) is 4.19. The summed E-state index contributed by atoms with van der Waals surface area (Å²) in [6.07, 6.45) is -4.51. The predicted octanol–water partition coefficient (Wildman–Crippen LogP) is 6.83. The molecule has 178 valence electrons. The molecule has 1 aliphatic heterocycles. The van der Waals surface area contributed by atoms with Gasteiger partial charge in [-0.1, -0.05) is 29.8 Å². The van der Waals surface area contributed by atoms with E-state index >= 15 is 0 Å². The van der Waals surface area contributed by atoms with Crippen molar-refractivity contribution >= 4 is 23.2 Å². The number of hydrogen-bond acceptors (Lipinski definition) is 3. The topological polar surface area (TPSA) is 38.8 Å². The van der Waals surface area contributed by atoms with Crippen molar-refractivity contribution in [3.8, 4) is 11.5 Å².